The van der Waals surface area contributed by atoms with Crippen molar-refractivity contribution in [3.05, 3.63) is 38.4 Å². The highest BCUT2D eigenvalue weighted by molar-refractivity contribution is 7.16. The van der Waals surface area contributed by atoms with Gasteiger partial charge in [0.1, 0.15) is 5.76 Å². The zero-order valence-corrected chi connectivity index (χ0v) is 12.6. The second-order valence-electron chi connectivity index (χ2n) is 4.41. The van der Waals surface area contributed by atoms with Gasteiger partial charge in [0, 0.05) is 10.4 Å². The molecule has 2 aromatic heterocycles. The first-order valence-corrected chi connectivity index (χ1v) is 7.13. The highest BCUT2D eigenvalue weighted by Gasteiger charge is 2.16. The van der Waals surface area contributed by atoms with E-state index in [-0.39, 0.29) is 18.4 Å². The van der Waals surface area contributed by atoms with Gasteiger partial charge in [-0.3, -0.25) is 4.79 Å². The van der Waals surface area contributed by atoms with Crippen LogP contribution in [0.2, 0.25) is 4.34 Å². The quantitative estimate of drug-likeness (QED) is 0.941. The van der Waals surface area contributed by atoms with Crippen LogP contribution in [0.3, 0.4) is 0 Å². The van der Waals surface area contributed by atoms with Gasteiger partial charge in [-0.15, -0.1) is 11.3 Å². The molecule has 0 aliphatic rings. The largest absolute Gasteiger partial charge is 0.361 e. The van der Waals surface area contributed by atoms with Crippen molar-refractivity contribution in [1.29, 1.82) is 0 Å². The molecule has 102 valence electrons. The average Bonchev–Trinajstić information content (AvgIpc) is 2.90. The minimum atomic E-state index is -0.0505. The van der Waals surface area contributed by atoms with Crippen LogP contribution < -0.4 is 5.32 Å². The second-order valence-corrected chi connectivity index (χ2v) is 6.16. The summed E-state index contributed by atoms with van der Waals surface area (Å²) < 4.78 is 5.77. The van der Waals surface area contributed by atoms with Gasteiger partial charge >= 0.3 is 0 Å². The minimum absolute atomic E-state index is 0.0496. The Balaban J connectivity index is 1.98. The smallest absolute Gasteiger partial charge is 0.225 e. The van der Waals surface area contributed by atoms with E-state index in [0.717, 1.165) is 20.5 Å². The van der Waals surface area contributed by atoms with Crippen LogP contribution in [0, 0.1) is 13.8 Å². The Morgan fingerprint density at radius 1 is 1.53 bits per heavy atom. The highest BCUT2D eigenvalue weighted by atomic mass is 35.5. The molecule has 1 amide bonds. The van der Waals surface area contributed by atoms with Gasteiger partial charge in [0.15, 0.2) is 0 Å². The third kappa shape index (κ3) is 3.36. The van der Waals surface area contributed by atoms with Crippen LogP contribution in [0.1, 0.15) is 34.9 Å². The molecule has 0 fully saturated rings. The van der Waals surface area contributed by atoms with Gasteiger partial charge in [0.25, 0.3) is 0 Å². The molecule has 0 spiro atoms. The van der Waals surface area contributed by atoms with Crippen LogP contribution in [0.15, 0.2) is 16.7 Å². The van der Waals surface area contributed by atoms with Crippen molar-refractivity contribution in [2.75, 3.05) is 0 Å². The second kappa shape index (κ2) is 5.75. The molecule has 1 N–H and O–H groups in total. The summed E-state index contributed by atoms with van der Waals surface area (Å²) >= 11 is 7.35. The normalized spacial score (nSPS) is 12.4. The molecular weight excluding hydrogens is 284 g/mol. The summed E-state index contributed by atoms with van der Waals surface area (Å²) in [6.07, 6.45) is 0.282. The number of amides is 1. The van der Waals surface area contributed by atoms with Gasteiger partial charge in [-0.2, -0.15) is 0 Å². The van der Waals surface area contributed by atoms with Crippen molar-refractivity contribution in [3.8, 4) is 0 Å². The van der Waals surface area contributed by atoms with E-state index in [4.69, 9.17) is 16.1 Å². The number of hydrogen-bond acceptors (Lipinski definition) is 4. The van der Waals surface area contributed by atoms with Crippen molar-refractivity contribution in [3.63, 3.8) is 0 Å². The molecule has 0 aliphatic carbocycles. The third-order valence-corrected chi connectivity index (χ3v) is 4.33. The lowest BCUT2D eigenvalue weighted by Crippen LogP contribution is -2.27. The summed E-state index contributed by atoms with van der Waals surface area (Å²) in [5, 5.41) is 6.79. The number of carbonyl (C=O) groups excluding carboxylic acids is 1. The van der Waals surface area contributed by atoms with Gasteiger partial charge in [0.05, 0.1) is 22.5 Å². The van der Waals surface area contributed by atoms with E-state index >= 15 is 0 Å². The fourth-order valence-corrected chi connectivity index (χ4v) is 2.90. The molecule has 2 rings (SSSR count). The van der Waals surface area contributed by atoms with E-state index in [1.807, 2.05) is 32.9 Å². The molecule has 6 heteroatoms. The van der Waals surface area contributed by atoms with Crippen molar-refractivity contribution in [2.24, 2.45) is 0 Å². The number of rotatable bonds is 4. The summed E-state index contributed by atoms with van der Waals surface area (Å²) in [7, 11) is 0. The fourth-order valence-electron chi connectivity index (χ4n) is 1.84. The Labute approximate surface area is 120 Å². The molecule has 19 heavy (non-hydrogen) atoms. The lowest BCUT2D eigenvalue weighted by atomic mass is 10.1. The number of aromatic nitrogens is 1. The summed E-state index contributed by atoms with van der Waals surface area (Å²) in [6.45, 7) is 5.58. The Kier molecular flexibility index (Phi) is 4.27. The molecule has 0 saturated carbocycles. The number of nitrogens with zero attached hydrogens (tertiary/aromatic N) is 1. The predicted molar refractivity (Wildman–Crippen MR) is 75.6 cm³/mol. The SMILES string of the molecule is Cc1noc(C)c1CC(=O)NC(C)c1ccc(Cl)s1. The Morgan fingerprint density at radius 3 is 2.79 bits per heavy atom. The van der Waals surface area contributed by atoms with E-state index in [1.165, 1.54) is 11.3 Å². The number of halogens is 1. The van der Waals surface area contributed by atoms with Gasteiger partial charge in [-0.25, -0.2) is 0 Å². The summed E-state index contributed by atoms with van der Waals surface area (Å²) in [5.41, 5.74) is 1.62. The van der Waals surface area contributed by atoms with Crippen LogP contribution in [0.4, 0.5) is 0 Å². The summed E-state index contributed by atoms with van der Waals surface area (Å²) in [4.78, 5) is 13.0. The first-order valence-electron chi connectivity index (χ1n) is 5.93. The number of nitrogens with one attached hydrogen (secondary N) is 1. The Morgan fingerprint density at radius 2 is 2.26 bits per heavy atom. The fraction of sp³-hybridized carbons (Fsp3) is 0.385. The van der Waals surface area contributed by atoms with Crippen molar-refractivity contribution in [1.82, 2.24) is 10.5 Å². The van der Waals surface area contributed by atoms with Crippen LogP contribution in [0.25, 0.3) is 0 Å². The van der Waals surface area contributed by atoms with Crippen LogP contribution in [-0.2, 0) is 11.2 Å². The maximum absolute atomic E-state index is 12.0. The zero-order chi connectivity index (χ0) is 14.0. The molecule has 0 radical (unpaired) electrons. The summed E-state index contributed by atoms with van der Waals surface area (Å²) in [6, 6.07) is 3.71. The van der Waals surface area contributed by atoms with E-state index in [2.05, 4.69) is 10.5 Å². The molecule has 0 bridgehead atoms. The van der Waals surface area contributed by atoms with Gasteiger partial charge in [-0.05, 0) is 32.9 Å². The minimum Gasteiger partial charge on any atom is -0.361 e. The molecule has 4 nitrogen and oxygen atoms in total. The van der Waals surface area contributed by atoms with Crippen molar-refractivity contribution in [2.45, 2.75) is 33.2 Å². The highest BCUT2D eigenvalue weighted by Crippen LogP contribution is 2.26. The van der Waals surface area contributed by atoms with Crippen LogP contribution in [0.5, 0.6) is 0 Å². The Hall–Kier alpha value is -1.33. The maximum Gasteiger partial charge on any atom is 0.225 e. The van der Waals surface area contributed by atoms with E-state index in [9.17, 15) is 4.79 Å². The Bertz CT molecular complexity index is 572. The number of carbonyl (C=O) groups is 1. The van der Waals surface area contributed by atoms with E-state index in [0.29, 0.717) is 5.76 Å². The van der Waals surface area contributed by atoms with Gasteiger partial charge < -0.3 is 9.84 Å². The van der Waals surface area contributed by atoms with Crippen molar-refractivity contribution >= 4 is 28.8 Å². The number of hydrogen-bond donors (Lipinski definition) is 1. The van der Waals surface area contributed by atoms with Crippen LogP contribution in [-0.4, -0.2) is 11.1 Å². The average molecular weight is 299 g/mol. The monoisotopic (exact) mass is 298 g/mol. The molecular formula is C13H15ClN2O2S. The lowest BCUT2D eigenvalue weighted by molar-refractivity contribution is -0.121. The molecule has 0 aliphatic heterocycles. The molecule has 1 unspecified atom stereocenters. The lowest BCUT2D eigenvalue weighted by Gasteiger charge is -2.11. The van der Waals surface area contributed by atoms with Gasteiger partial charge in [0.2, 0.25) is 5.91 Å². The maximum atomic E-state index is 12.0. The van der Waals surface area contributed by atoms with Gasteiger partial charge in [-0.1, -0.05) is 16.8 Å². The van der Waals surface area contributed by atoms with Crippen LogP contribution >= 0.6 is 22.9 Å². The molecule has 2 aromatic rings. The van der Waals surface area contributed by atoms with E-state index < -0.39 is 0 Å². The number of thiophene rings is 1. The standard InChI is InChI=1S/C13H15ClN2O2S/c1-7-10(9(3)18-16-7)6-13(17)15-8(2)11-4-5-12(14)19-11/h4-5,8H,6H2,1-3H3,(H,15,17). The first-order chi connectivity index (χ1) is 8.97. The number of aryl methyl sites for hydroxylation is 2. The predicted octanol–water partition coefficient (Wildman–Crippen LogP) is 3.43. The first kappa shape index (κ1) is 14.1. The summed E-state index contributed by atoms with van der Waals surface area (Å²) in [5.74, 6) is 0.644. The third-order valence-electron chi connectivity index (χ3n) is 2.92. The topological polar surface area (TPSA) is 55.1 Å². The zero-order valence-electron chi connectivity index (χ0n) is 11.0. The molecule has 0 aromatic carbocycles. The van der Waals surface area contributed by atoms with Crippen molar-refractivity contribution < 1.29 is 9.32 Å². The van der Waals surface area contributed by atoms with E-state index in [1.54, 1.807) is 0 Å². The molecule has 1 atom stereocenters. The molecule has 2 heterocycles. The molecule has 0 saturated heterocycles.